The number of methoxy groups -OCH3 is 1. The molecule has 2 heteroatoms. The van der Waals surface area contributed by atoms with Crippen LogP contribution in [0.2, 0.25) is 5.02 Å². The molecule has 2 rings (SSSR count). The van der Waals surface area contributed by atoms with Crippen LogP contribution in [0.5, 0.6) is 5.75 Å². The molecule has 0 aliphatic carbocycles. The molecule has 0 bridgehead atoms. The molecule has 0 spiro atoms. The highest BCUT2D eigenvalue weighted by Crippen LogP contribution is 2.30. The molecule has 0 saturated carbocycles. The van der Waals surface area contributed by atoms with Gasteiger partial charge in [-0.2, -0.15) is 0 Å². The van der Waals surface area contributed by atoms with Crippen LogP contribution in [0.25, 0.3) is 10.8 Å². The molecule has 0 atom stereocenters. The van der Waals surface area contributed by atoms with Gasteiger partial charge in [-0.3, -0.25) is 0 Å². The van der Waals surface area contributed by atoms with E-state index in [-0.39, 0.29) is 0 Å². The van der Waals surface area contributed by atoms with Crippen LogP contribution in [0, 0.1) is 0 Å². The monoisotopic (exact) mass is 195 g/mol. The number of hydrogen-bond donors (Lipinski definition) is 0. The molecule has 0 aliphatic rings. The first kappa shape index (κ1) is 5.51. The van der Waals surface area contributed by atoms with E-state index in [1.54, 1.807) is 18.2 Å². The molecule has 0 aromatic heterocycles. The van der Waals surface area contributed by atoms with Crippen LogP contribution in [-0.2, 0) is 0 Å². The molecule has 1 nitrogen and oxygen atoms in total. The summed E-state index contributed by atoms with van der Waals surface area (Å²) in [5.74, 6) is 0.319. The topological polar surface area (TPSA) is 9.23 Å². The number of benzene rings is 2. The predicted molar refractivity (Wildman–Crippen MR) is 55.5 cm³/mol. The molecule has 13 heavy (non-hydrogen) atoms. The Kier molecular flexibility index (Phi) is 1.38. The molecular formula is C11H9ClO. The van der Waals surface area contributed by atoms with Gasteiger partial charge in [-0.05, 0) is 12.1 Å². The van der Waals surface area contributed by atoms with Crippen molar-refractivity contribution in [2.75, 3.05) is 7.04 Å². The Bertz CT molecular complexity index is 522. The van der Waals surface area contributed by atoms with E-state index >= 15 is 0 Å². The van der Waals surface area contributed by atoms with E-state index < -0.39 is 7.04 Å². The largest absolute Gasteiger partial charge is 0.496 e. The van der Waals surface area contributed by atoms with Gasteiger partial charge < -0.3 is 4.74 Å². The average molecular weight is 196 g/mol. The molecular weight excluding hydrogens is 184 g/mol. The molecule has 2 aromatic carbocycles. The fourth-order valence-corrected chi connectivity index (χ4v) is 1.55. The van der Waals surface area contributed by atoms with Crippen LogP contribution < -0.4 is 4.74 Å². The van der Waals surface area contributed by atoms with E-state index in [0.717, 1.165) is 5.39 Å². The van der Waals surface area contributed by atoms with Gasteiger partial charge in [0.15, 0.2) is 0 Å². The molecule has 0 saturated heterocycles. The van der Waals surface area contributed by atoms with Gasteiger partial charge in [-0.25, -0.2) is 0 Å². The van der Waals surface area contributed by atoms with Crippen molar-refractivity contribution < 1.29 is 8.85 Å². The van der Waals surface area contributed by atoms with Crippen molar-refractivity contribution in [2.24, 2.45) is 0 Å². The van der Waals surface area contributed by atoms with Crippen LogP contribution in [-0.4, -0.2) is 7.04 Å². The lowest BCUT2D eigenvalue weighted by Crippen LogP contribution is -1.84. The third kappa shape index (κ3) is 1.36. The van der Waals surface area contributed by atoms with Crippen LogP contribution in [0.1, 0.15) is 4.11 Å². The quantitative estimate of drug-likeness (QED) is 0.677. The van der Waals surface area contributed by atoms with Crippen molar-refractivity contribution >= 4 is 22.4 Å². The average Bonchev–Trinajstić information content (AvgIpc) is 2.21. The van der Waals surface area contributed by atoms with Crippen LogP contribution >= 0.6 is 11.6 Å². The second-order valence-electron chi connectivity index (χ2n) is 2.69. The van der Waals surface area contributed by atoms with Gasteiger partial charge in [0.1, 0.15) is 5.75 Å². The second kappa shape index (κ2) is 3.27. The summed E-state index contributed by atoms with van der Waals surface area (Å²) in [4.78, 5) is 0. The smallest absolute Gasteiger partial charge is 0.126 e. The molecule has 0 fully saturated rings. The zero-order valence-corrected chi connectivity index (χ0v) is 7.51. The predicted octanol–water partition coefficient (Wildman–Crippen LogP) is 3.50. The summed E-state index contributed by atoms with van der Waals surface area (Å²) in [7, 11) is -2.45. The summed E-state index contributed by atoms with van der Waals surface area (Å²) in [5.41, 5.74) is 0. The summed E-state index contributed by atoms with van der Waals surface area (Å²) in [6.45, 7) is 0. The Morgan fingerprint density at radius 1 is 1.15 bits per heavy atom. The SMILES string of the molecule is [2H]C([2H])([2H])Oc1ccc(Cl)c2ccccc12. The third-order valence-electron chi connectivity index (χ3n) is 1.94. The summed E-state index contributed by atoms with van der Waals surface area (Å²) < 4.78 is 26.1. The lowest BCUT2D eigenvalue weighted by atomic mass is 10.1. The number of halogens is 1. The highest BCUT2D eigenvalue weighted by atomic mass is 35.5. The molecule has 66 valence electrons. The van der Waals surface area contributed by atoms with E-state index in [0.29, 0.717) is 16.2 Å². The zero-order valence-electron chi connectivity index (χ0n) is 9.75. The minimum Gasteiger partial charge on any atom is -0.496 e. The highest BCUT2D eigenvalue weighted by molar-refractivity contribution is 6.35. The van der Waals surface area contributed by atoms with E-state index in [1.165, 1.54) is 0 Å². The molecule has 0 amide bonds. The van der Waals surface area contributed by atoms with Crippen molar-refractivity contribution in [1.82, 2.24) is 0 Å². The first-order valence-electron chi connectivity index (χ1n) is 5.34. The summed E-state index contributed by atoms with van der Waals surface area (Å²) in [6, 6.07) is 10.5. The second-order valence-corrected chi connectivity index (χ2v) is 3.10. The van der Waals surface area contributed by atoms with Gasteiger partial charge in [0.2, 0.25) is 0 Å². The standard InChI is InChI=1S/C11H9ClO/c1-13-11-7-6-10(12)8-4-2-3-5-9(8)11/h2-7H,1H3/i1D3. The Balaban J connectivity index is 2.59. The van der Waals surface area contributed by atoms with E-state index in [4.69, 9.17) is 20.5 Å². The first-order valence-corrected chi connectivity index (χ1v) is 4.21. The highest BCUT2D eigenvalue weighted by Gasteiger charge is 2.02. The van der Waals surface area contributed by atoms with Gasteiger partial charge in [0, 0.05) is 15.8 Å². The van der Waals surface area contributed by atoms with Crippen molar-refractivity contribution in [2.45, 2.75) is 0 Å². The van der Waals surface area contributed by atoms with Crippen LogP contribution in [0.3, 0.4) is 0 Å². The Labute approximate surface area is 86.1 Å². The molecule has 0 aliphatic heterocycles. The van der Waals surface area contributed by atoms with Gasteiger partial charge in [0.05, 0.1) is 11.2 Å². The summed E-state index contributed by atoms with van der Waals surface area (Å²) in [5, 5.41) is 2.06. The van der Waals surface area contributed by atoms with Gasteiger partial charge >= 0.3 is 0 Å². The van der Waals surface area contributed by atoms with Crippen molar-refractivity contribution in [1.29, 1.82) is 0 Å². The minimum absolute atomic E-state index is 0.319. The third-order valence-corrected chi connectivity index (χ3v) is 2.27. The minimum atomic E-state index is -2.45. The van der Waals surface area contributed by atoms with E-state index in [2.05, 4.69) is 0 Å². The van der Waals surface area contributed by atoms with Crippen molar-refractivity contribution in [3.8, 4) is 5.75 Å². The summed E-state index contributed by atoms with van der Waals surface area (Å²) >= 11 is 6.00. The number of rotatable bonds is 1. The van der Waals surface area contributed by atoms with Crippen LogP contribution in [0.4, 0.5) is 0 Å². The Morgan fingerprint density at radius 3 is 2.69 bits per heavy atom. The van der Waals surface area contributed by atoms with E-state index in [9.17, 15) is 0 Å². The van der Waals surface area contributed by atoms with E-state index in [1.807, 2.05) is 18.2 Å². The maximum absolute atomic E-state index is 7.08. The van der Waals surface area contributed by atoms with Gasteiger partial charge in [-0.15, -0.1) is 0 Å². The molecule has 0 unspecified atom stereocenters. The molecule has 0 N–H and O–H groups in total. The molecule has 0 radical (unpaired) electrons. The molecule has 2 aromatic rings. The molecule has 0 heterocycles. The summed E-state index contributed by atoms with van der Waals surface area (Å²) in [6.07, 6.45) is 0. The lowest BCUT2D eigenvalue weighted by Gasteiger charge is -2.05. The first-order chi connectivity index (χ1) is 7.47. The van der Waals surface area contributed by atoms with Gasteiger partial charge in [0.25, 0.3) is 0 Å². The fourth-order valence-electron chi connectivity index (χ4n) is 1.32. The zero-order chi connectivity index (χ0) is 11.8. The van der Waals surface area contributed by atoms with Crippen LogP contribution in [0.15, 0.2) is 36.4 Å². The lowest BCUT2D eigenvalue weighted by molar-refractivity contribution is 0.420. The Hall–Kier alpha value is -1.21. The number of ether oxygens (including phenoxy) is 1. The Morgan fingerprint density at radius 2 is 1.92 bits per heavy atom. The fraction of sp³-hybridized carbons (Fsp3) is 0.0909. The maximum Gasteiger partial charge on any atom is 0.126 e. The number of hydrogen-bond acceptors (Lipinski definition) is 1. The van der Waals surface area contributed by atoms with Gasteiger partial charge in [-0.1, -0.05) is 35.9 Å². The maximum atomic E-state index is 7.08. The van der Waals surface area contributed by atoms with Crippen molar-refractivity contribution in [3.05, 3.63) is 41.4 Å². The van der Waals surface area contributed by atoms with Crippen molar-refractivity contribution in [3.63, 3.8) is 0 Å². The number of fused-ring (bicyclic) bond motifs is 1. The normalized spacial score (nSPS) is 14.7.